The van der Waals surface area contributed by atoms with Gasteiger partial charge in [0.15, 0.2) is 0 Å². The van der Waals surface area contributed by atoms with Crippen molar-refractivity contribution < 1.29 is 9.50 Å². The van der Waals surface area contributed by atoms with Crippen molar-refractivity contribution in [3.63, 3.8) is 0 Å². The maximum Gasteiger partial charge on any atom is 0.125 e. The van der Waals surface area contributed by atoms with E-state index in [1.165, 1.54) is 12.1 Å². The molecule has 1 N–H and O–H groups in total. The number of hydrogen-bond donors (Lipinski definition) is 1. The zero-order valence-electron chi connectivity index (χ0n) is 11.5. The van der Waals surface area contributed by atoms with Crippen LogP contribution in [0.1, 0.15) is 25.5 Å². The van der Waals surface area contributed by atoms with Crippen molar-refractivity contribution >= 4 is 27.3 Å². The molecule has 0 aliphatic heterocycles. The Morgan fingerprint density at radius 3 is 2.55 bits per heavy atom. The van der Waals surface area contributed by atoms with E-state index in [1.807, 2.05) is 36.1 Å². The van der Waals surface area contributed by atoms with Gasteiger partial charge in [-0.3, -0.25) is 0 Å². The average molecular weight is 338 g/mol. The molecule has 2 aromatic rings. The molecule has 0 spiro atoms. The summed E-state index contributed by atoms with van der Waals surface area (Å²) in [5, 5.41) is 9.60. The van der Waals surface area contributed by atoms with E-state index in [1.54, 1.807) is 13.0 Å². The fourth-order valence-electron chi connectivity index (χ4n) is 2.14. The van der Waals surface area contributed by atoms with Crippen molar-refractivity contribution in [2.75, 3.05) is 11.4 Å². The van der Waals surface area contributed by atoms with Crippen LogP contribution in [0.3, 0.4) is 0 Å². The van der Waals surface area contributed by atoms with Crippen molar-refractivity contribution in [2.45, 2.75) is 20.0 Å². The van der Waals surface area contributed by atoms with Crippen LogP contribution in [-0.4, -0.2) is 11.7 Å². The molecule has 0 unspecified atom stereocenters. The molecule has 2 rings (SSSR count). The first-order chi connectivity index (χ1) is 9.52. The molecule has 20 heavy (non-hydrogen) atoms. The van der Waals surface area contributed by atoms with E-state index < -0.39 is 6.10 Å². The highest BCUT2D eigenvalue weighted by molar-refractivity contribution is 9.10. The van der Waals surface area contributed by atoms with Gasteiger partial charge in [-0.2, -0.15) is 0 Å². The highest BCUT2D eigenvalue weighted by Crippen LogP contribution is 2.34. The van der Waals surface area contributed by atoms with Gasteiger partial charge >= 0.3 is 0 Å². The van der Waals surface area contributed by atoms with Gasteiger partial charge in [0.25, 0.3) is 0 Å². The number of aliphatic hydroxyl groups excluding tert-OH is 1. The van der Waals surface area contributed by atoms with Crippen molar-refractivity contribution in [1.82, 2.24) is 0 Å². The van der Waals surface area contributed by atoms with Crippen LogP contribution in [0.4, 0.5) is 15.8 Å². The predicted molar refractivity (Wildman–Crippen MR) is 83.9 cm³/mol. The van der Waals surface area contributed by atoms with Gasteiger partial charge in [0.2, 0.25) is 0 Å². The number of halogens is 2. The minimum Gasteiger partial charge on any atom is -0.389 e. The van der Waals surface area contributed by atoms with Gasteiger partial charge in [0.05, 0.1) is 11.8 Å². The van der Waals surface area contributed by atoms with E-state index >= 15 is 0 Å². The summed E-state index contributed by atoms with van der Waals surface area (Å²) in [6.45, 7) is 4.46. The average Bonchev–Trinajstić information content (AvgIpc) is 2.41. The fraction of sp³-hybridized carbons (Fsp3) is 0.250. The normalized spacial score (nSPS) is 12.2. The zero-order chi connectivity index (χ0) is 14.7. The largest absolute Gasteiger partial charge is 0.389 e. The molecule has 0 amide bonds. The van der Waals surface area contributed by atoms with Crippen LogP contribution in [0, 0.1) is 5.82 Å². The lowest BCUT2D eigenvalue weighted by Gasteiger charge is -2.25. The Labute approximate surface area is 127 Å². The number of benzene rings is 2. The van der Waals surface area contributed by atoms with E-state index in [-0.39, 0.29) is 5.82 Å². The summed E-state index contributed by atoms with van der Waals surface area (Å²) >= 11 is 3.53. The Morgan fingerprint density at radius 1 is 1.25 bits per heavy atom. The van der Waals surface area contributed by atoms with Crippen molar-refractivity contribution in [1.29, 1.82) is 0 Å². The molecule has 0 heterocycles. The summed E-state index contributed by atoms with van der Waals surface area (Å²) in [5.41, 5.74) is 2.59. The summed E-state index contributed by atoms with van der Waals surface area (Å²) in [4.78, 5) is 2.01. The molecule has 0 aliphatic carbocycles. The Balaban J connectivity index is 2.42. The Hall–Kier alpha value is -1.39. The highest BCUT2D eigenvalue weighted by Gasteiger charge is 2.13. The molecule has 0 bridgehead atoms. The summed E-state index contributed by atoms with van der Waals surface area (Å²) < 4.78 is 14.3. The zero-order valence-corrected chi connectivity index (χ0v) is 13.1. The van der Waals surface area contributed by atoms with E-state index in [0.717, 1.165) is 28.0 Å². The molecule has 1 atom stereocenters. The smallest absolute Gasteiger partial charge is 0.125 e. The second-order valence-electron chi connectivity index (χ2n) is 4.61. The number of rotatable bonds is 4. The molecular weight excluding hydrogens is 321 g/mol. The van der Waals surface area contributed by atoms with Crippen LogP contribution in [0.5, 0.6) is 0 Å². The van der Waals surface area contributed by atoms with Crippen LogP contribution in [0.15, 0.2) is 46.9 Å². The van der Waals surface area contributed by atoms with Crippen LogP contribution < -0.4 is 4.90 Å². The number of nitrogens with zero attached hydrogens (tertiary/aromatic N) is 1. The number of aliphatic hydroxyl groups is 1. The second-order valence-corrected chi connectivity index (χ2v) is 5.47. The summed E-state index contributed by atoms with van der Waals surface area (Å²) in [6, 6.07) is 12.2. The summed E-state index contributed by atoms with van der Waals surface area (Å²) in [6.07, 6.45) is -0.510. The third kappa shape index (κ3) is 3.19. The lowest BCUT2D eigenvalue weighted by molar-refractivity contribution is 0.199. The van der Waals surface area contributed by atoms with Gasteiger partial charge in [0, 0.05) is 16.7 Å². The topological polar surface area (TPSA) is 23.5 Å². The Bertz CT molecular complexity index is 601. The Morgan fingerprint density at radius 2 is 2.00 bits per heavy atom. The van der Waals surface area contributed by atoms with Crippen molar-refractivity contribution in [2.24, 2.45) is 0 Å². The lowest BCUT2D eigenvalue weighted by Crippen LogP contribution is -2.16. The third-order valence-corrected chi connectivity index (χ3v) is 3.82. The maximum absolute atomic E-state index is 13.4. The molecule has 2 nitrogen and oxygen atoms in total. The minimum absolute atomic E-state index is 0.252. The van der Waals surface area contributed by atoms with E-state index in [0.29, 0.717) is 0 Å². The quantitative estimate of drug-likeness (QED) is 0.866. The standard InChI is InChI=1S/C16H17BrFNO/c1-3-19(14-6-4-5-13(18)10-14)16-8-7-12(11(2)20)9-15(16)17/h4-11,20H,3H2,1-2H3/t11-/m1/s1. The van der Waals surface area contributed by atoms with E-state index in [9.17, 15) is 9.50 Å². The summed E-state index contributed by atoms with van der Waals surface area (Å²) in [7, 11) is 0. The van der Waals surface area contributed by atoms with Crippen molar-refractivity contribution in [3.8, 4) is 0 Å². The molecular formula is C16H17BrFNO. The van der Waals surface area contributed by atoms with Gasteiger partial charge in [-0.15, -0.1) is 0 Å². The molecule has 0 saturated carbocycles. The predicted octanol–water partition coefficient (Wildman–Crippen LogP) is 4.80. The first-order valence-corrected chi connectivity index (χ1v) is 7.33. The third-order valence-electron chi connectivity index (χ3n) is 3.18. The van der Waals surface area contributed by atoms with Gasteiger partial charge in [-0.05, 0) is 65.7 Å². The van der Waals surface area contributed by atoms with Gasteiger partial charge < -0.3 is 10.0 Å². The first kappa shape index (κ1) is 15.0. The van der Waals surface area contributed by atoms with Crippen LogP contribution >= 0.6 is 15.9 Å². The molecule has 2 aromatic carbocycles. The molecule has 0 aromatic heterocycles. The second kappa shape index (κ2) is 6.37. The SMILES string of the molecule is CCN(c1cccc(F)c1)c1ccc([C@@H](C)O)cc1Br. The fourth-order valence-corrected chi connectivity index (χ4v) is 2.75. The van der Waals surface area contributed by atoms with Gasteiger partial charge in [-0.25, -0.2) is 4.39 Å². The molecule has 0 aliphatic rings. The lowest BCUT2D eigenvalue weighted by atomic mass is 10.1. The summed E-state index contributed by atoms with van der Waals surface area (Å²) in [5.74, 6) is -0.252. The van der Waals surface area contributed by atoms with Crippen LogP contribution in [0.2, 0.25) is 0 Å². The van der Waals surface area contributed by atoms with Crippen LogP contribution in [0.25, 0.3) is 0 Å². The Kier molecular flexibility index (Phi) is 4.78. The highest BCUT2D eigenvalue weighted by atomic mass is 79.9. The monoisotopic (exact) mass is 337 g/mol. The minimum atomic E-state index is -0.510. The molecule has 0 radical (unpaired) electrons. The van der Waals surface area contributed by atoms with Crippen molar-refractivity contribution in [3.05, 3.63) is 58.3 Å². The molecule has 0 saturated heterocycles. The maximum atomic E-state index is 13.4. The van der Waals surface area contributed by atoms with Crippen LogP contribution in [-0.2, 0) is 0 Å². The van der Waals surface area contributed by atoms with E-state index in [4.69, 9.17) is 0 Å². The first-order valence-electron chi connectivity index (χ1n) is 6.53. The van der Waals surface area contributed by atoms with E-state index in [2.05, 4.69) is 15.9 Å². The molecule has 4 heteroatoms. The van der Waals surface area contributed by atoms with Gasteiger partial charge in [0.1, 0.15) is 5.82 Å². The molecule has 106 valence electrons. The number of hydrogen-bond acceptors (Lipinski definition) is 2. The number of anilines is 2. The molecule has 0 fully saturated rings. The van der Waals surface area contributed by atoms with Gasteiger partial charge in [-0.1, -0.05) is 12.1 Å².